The second-order valence-corrected chi connectivity index (χ2v) is 8.06. The molecule has 0 aliphatic carbocycles. The fraction of sp³-hybridized carbons (Fsp3) is 0.176. The highest BCUT2D eigenvalue weighted by molar-refractivity contribution is 7.94. The summed E-state index contributed by atoms with van der Waals surface area (Å²) in [5.74, 6) is -1.12. The van der Waals surface area contributed by atoms with Crippen molar-refractivity contribution >= 4 is 44.8 Å². The molecule has 1 fully saturated rings. The summed E-state index contributed by atoms with van der Waals surface area (Å²) in [7, 11) is -3.66. The second kappa shape index (κ2) is 6.50. The van der Waals surface area contributed by atoms with Crippen molar-refractivity contribution in [3.05, 3.63) is 58.6 Å². The lowest BCUT2D eigenvalue weighted by atomic mass is 10.1. The highest BCUT2D eigenvalue weighted by Crippen LogP contribution is 2.26. The number of carbonyl (C=O) groups excluding carboxylic acids is 2. The van der Waals surface area contributed by atoms with Crippen LogP contribution >= 0.6 is 11.6 Å². The molecule has 1 N–H and O–H groups in total. The normalized spacial score (nSPS) is 16.1. The molecule has 1 heterocycles. The first-order chi connectivity index (χ1) is 11.8. The van der Waals surface area contributed by atoms with E-state index in [2.05, 4.69) is 5.32 Å². The number of aryl methyl sites for hydroxylation is 1. The fourth-order valence-electron chi connectivity index (χ4n) is 2.60. The van der Waals surface area contributed by atoms with Crippen molar-refractivity contribution in [3.63, 3.8) is 0 Å². The third kappa shape index (κ3) is 3.52. The summed E-state index contributed by atoms with van der Waals surface area (Å²) in [5, 5.41) is 3.32. The zero-order chi connectivity index (χ0) is 18.2. The van der Waals surface area contributed by atoms with Crippen molar-refractivity contribution in [1.82, 2.24) is 0 Å². The number of halogens is 1. The molecule has 1 aliphatic heterocycles. The lowest BCUT2D eigenvalue weighted by Crippen LogP contribution is -2.29. The molecule has 0 bridgehead atoms. The Labute approximate surface area is 150 Å². The number of amides is 2. The van der Waals surface area contributed by atoms with Gasteiger partial charge in [-0.25, -0.2) is 12.7 Å². The Kier molecular flexibility index (Phi) is 4.53. The first kappa shape index (κ1) is 17.4. The molecule has 3 rings (SSSR count). The first-order valence-corrected chi connectivity index (χ1v) is 9.50. The molecule has 8 heteroatoms. The van der Waals surface area contributed by atoms with E-state index < -0.39 is 21.8 Å². The number of benzene rings is 2. The van der Waals surface area contributed by atoms with Crippen LogP contribution in [0.15, 0.2) is 42.5 Å². The molecule has 2 aromatic carbocycles. The van der Waals surface area contributed by atoms with E-state index in [1.165, 1.54) is 12.1 Å². The van der Waals surface area contributed by atoms with E-state index in [0.717, 1.165) is 9.87 Å². The van der Waals surface area contributed by atoms with E-state index in [0.29, 0.717) is 10.7 Å². The van der Waals surface area contributed by atoms with E-state index in [-0.39, 0.29) is 23.4 Å². The van der Waals surface area contributed by atoms with Crippen molar-refractivity contribution < 1.29 is 18.0 Å². The minimum atomic E-state index is -3.66. The topological polar surface area (TPSA) is 83.6 Å². The number of anilines is 2. The lowest BCUT2D eigenvalue weighted by Gasteiger charge is -2.16. The van der Waals surface area contributed by atoms with E-state index in [9.17, 15) is 18.0 Å². The molecule has 0 unspecified atom stereocenters. The van der Waals surface area contributed by atoms with E-state index >= 15 is 0 Å². The fourth-order valence-corrected chi connectivity index (χ4v) is 4.28. The van der Waals surface area contributed by atoms with Crippen molar-refractivity contribution in [1.29, 1.82) is 0 Å². The van der Waals surface area contributed by atoms with Crippen molar-refractivity contribution in [2.24, 2.45) is 0 Å². The van der Waals surface area contributed by atoms with Gasteiger partial charge in [0.2, 0.25) is 15.9 Å². The van der Waals surface area contributed by atoms with Crippen LogP contribution in [0.5, 0.6) is 0 Å². The van der Waals surface area contributed by atoms with Crippen LogP contribution in [-0.4, -0.2) is 26.0 Å². The number of sulfonamides is 1. The molecule has 6 nitrogen and oxygen atoms in total. The largest absolute Gasteiger partial charge is 0.322 e. The standard InChI is InChI=1S/C17H15ClN2O4S/c1-11-9-13(18)5-6-15(11)19-17(22)12-3-2-4-14(10-12)20-16(21)7-8-25(20,23)24/h2-6,9-10H,7-8H2,1H3,(H,19,22). The van der Waals surface area contributed by atoms with Crippen LogP contribution in [0.25, 0.3) is 0 Å². The average molecular weight is 379 g/mol. The van der Waals surface area contributed by atoms with E-state index in [1.807, 2.05) is 6.92 Å². The highest BCUT2D eigenvalue weighted by Gasteiger charge is 2.36. The van der Waals surface area contributed by atoms with E-state index in [1.54, 1.807) is 30.3 Å². The van der Waals surface area contributed by atoms with Crippen LogP contribution < -0.4 is 9.62 Å². The Hall–Kier alpha value is -2.38. The predicted octanol–water partition coefficient (Wildman–Crippen LogP) is 2.97. The monoisotopic (exact) mass is 378 g/mol. The average Bonchev–Trinajstić information content (AvgIpc) is 2.83. The maximum atomic E-state index is 12.5. The zero-order valence-electron chi connectivity index (χ0n) is 13.3. The number of hydrogen-bond acceptors (Lipinski definition) is 4. The van der Waals surface area contributed by atoms with Gasteiger partial charge in [-0.1, -0.05) is 17.7 Å². The second-order valence-electron chi connectivity index (χ2n) is 5.69. The smallest absolute Gasteiger partial charge is 0.255 e. The summed E-state index contributed by atoms with van der Waals surface area (Å²) in [6, 6.07) is 11.1. The maximum Gasteiger partial charge on any atom is 0.255 e. The molecule has 25 heavy (non-hydrogen) atoms. The number of nitrogens with one attached hydrogen (secondary N) is 1. The summed E-state index contributed by atoms with van der Waals surface area (Å²) >= 11 is 5.90. The molecule has 0 radical (unpaired) electrons. The Bertz CT molecular complexity index is 972. The van der Waals surface area contributed by atoms with Crippen LogP contribution in [-0.2, 0) is 14.8 Å². The molecule has 2 aromatic rings. The minimum Gasteiger partial charge on any atom is -0.322 e. The Morgan fingerprint density at radius 1 is 1.20 bits per heavy atom. The summed E-state index contributed by atoms with van der Waals surface area (Å²) < 4.78 is 24.8. The molecular weight excluding hydrogens is 364 g/mol. The van der Waals surface area contributed by atoms with Crippen molar-refractivity contribution in [2.75, 3.05) is 15.4 Å². The van der Waals surface area contributed by atoms with Gasteiger partial charge in [0.15, 0.2) is 0 Å². The minimum absolute atomic E-state index is 0.0529. The molecule has 0 spiro atoms. The van der Waals surface area contributed by atoms with Gasteiger partial charge in [-0.15, -0.1) is 0 Å². The van der Waals surface area contributed by atoms with Gasteiger partial charge in [-0.2, -0.15) is 0 Å². The summed E-state index contributed by atoms with van der Waals surface area (Å²) in [6.45, 7) is 1.81. The lowest BCUT2D eigenvalue weighted by molar-refractivity contribution is -0.116. The molecule has 1 aliphatic rings. The number of nitrogens with zero attached hydrogens (tertiary/aromatic N) is 1. The Morgan fingerprint density at radius 3 is 2.60 bits per heavy atom. The third-order valence-corrected chi connectivity index (χ3v) is 5.78. The van der Waals surface area contributed by atoms with Gasteiger partial charge in [0.05, 0.1) is 11.4 Å². The summed E-state index contributed by atoms with van der Waals surface area (Å²) in [5.41, 5.74) is 1.82. The van der Waals surface area contributed by atoms with Gasteiger partial charge in [0.25, 0.3) is 5.91 Å². The van der Waals surface area contributed by atoms with Gasteiger partial charge in [-0.05, 0) is 48.9 Å². The van der Waals surface area contributed by atoms with Gasteiger partial charge >= 0.3 is 0 Å². The molecule has 0 saturated carbocycles. The van der Waals surface area contributed by atoms with E-state index in [4.69, 9.17) is 11.6 Å². The maximum absolute atomic E-state index is 12.5. The number of hydrogen-bond donors (Lipinski definition) is 1. The van der Waals surface area contributed by atoms with Crippen molar-refractivity contribution in [2.45, 2.75) is 13.3 Å². The van der Waals surface area contributed by atoms with Crippen LogP contribution in [0.2, 0.25) is 5.02 Å². The third-order valence-electron chi connectivity index (χ3n) is 3.86. The zero-order valence-corrected chi connectivity index (χ0v) is 14.9. The van der Waals surface area contributed by atoms with Crippen LogP contribution in [0.4, 0.5) is 11.4 Å². The molecule has 1 saturated heterocycles. The Morgan fingerprint density at radius 2 is 1.96 bits per heavy atom. The van der Waals surface area contributed by atoms with Gasteiger partial charge < -0.3 is 5.32 Å². The summed E-state index contributed by atoms with van der Waals surface area (Å²) in [4.78, 5) is 24.3. The molecular formula is C17H15ClN2O4S. The molecule has 0 atom stereocenters. The van der Waals surface area contributed by atoms with Crippen LogP contribution in [0, 0.1) is 6.92 Å². The van der Waals surface area contributed by atoms with Gasteiger partial charge in [-0.3, -0.25) is 9.59 Å². The van der Waals surface area contributed by atoms with Crippen molar-refractivity contribution in [3.8, 4) is 0 Å². The van der Waals surface area contributed by atoms with Crippen LogP contribution in [0.3, 0.4) is 0 Å². The number of carbonyl (C=O) groups is 2. The number of rotatable bonds is 3. The quantitative estimate of drug-likeness (QED) is 0.889. The molecule has 0 aromatic heterocycles. The summed E-state index contributed by atoms with van der Waals surface area (Å²) in [6.07, 6.45) is -0.0529. The molecule has 2 amide bonds. The SMILES string of the molecule is Cc1cc(Cl)ccc1NC(=O)c1cccc(N2C(=O)CCS2(=O)=O)c1. The first-order valence-electron chi connectivity index (χ1n) is 7.51. The molecule has 130 valence electrons. The predicted molar refractivity (Wildman–Crippen MR) is 96.5 cm³/mol. The van der Waals surface area contributed by atoms with Gasteiger partial charge in [0, 0.05) is 22.7 Å². The Balaban J connectivity index is 1.89. The highest BCUT2D eigenvalue weighted by atomic mass is 35.5. The van der Waals surface area contributed by atoms with Crippen LogP contribution in [0.1, 0.15) is 22.3 Å². The van der Waals surface area contributed by atoms with Gasteiger partial charge in [0.1, 0.15) is 0 Å².